The Bertz CT molecular complexity index is 353. The van der Waals surface area contributed by atoms with Crippen LogP contribution in [0.3, 0.4) is 0 Å². The zero-order valence-corrected chi connectivity index (χ0v) is 10.5. The smallest absolute Gasteiger partial charge is 0.319 e. The molecule has 0 spiro atoms. The van der Waals surface area contributed by atoms with Gasteiger partial charge < -0.3 is 15.4 Å². The number of nitrogens with one attached hydrogen (secondary N) is 2. The van der Waals surface area contributed by atoms with E-state index in [9.17, 15) is 4.79 Å². The van der Waals surface area contributed by atoms with E-state index >= 15 is 0 Å². The Morgan fingerprint density at radius 1 is 1.35 bits per heavy atom. The van der Waals surface area contributed by atoms with Crippen LogP contribution in [0.2, 0.25) is 0 Å². The fourth-order valence-electron chi connectivity index (χ4n) is 1.45. The first-order valence-corrected chi connectivity index (χ1v) is 5.95. The van der Waals surface area contributed by atoms with Crippen LogP contribution >= 0.6 is 0 Å². The SMILES string of the molecule is CCCCCNC(=O)Nc1cccc(OC)c1. The molecule has 94 valence electrons. The minimum Gasteiger partial charge on any atom is -0.497 e. The molecule has 0 atom stereocenters. The molecule has 0 aliphatic rings. The molecule has 2 amide bonds. The van der Waals surface area contributed by atoms with Gasteiger partial charge in [0.05, 0.1) is 7.11 Å². The summed E-state index contributed by atoms with van der Waals surface area (Å²) in [4.78, 5) is 11.5. The van der Waals surface area contributed by atoms with Gasteiger partial charge >= 0.3 is 6.03 Å². The van der Waals surface area contributed by atoms with Crippen LogP contribution in [0.4, 0.5) is 10.5 Å². The summed E-state index contributed by atoms with van der Waals surface area (Å²) in [6.07, 6.45) is 3.31. The lowest BCUT2D eigenvalue weighted by molar-refractivity contribution is 0.252. The van der Waals surface area contributed by atoms with Crippen molar-refractivity contribution in [2.75, 3.05) is 19.0 Å². The highest BCUT2D eigenvalue weighted by atomic mass is 16.5. The summed E-state index contributed by atoms with van der Waals surface area (Å²) in [5.41, 5.74) is 0.734. The highest BCUT2D eigenvalue weighted by Crippen LogP contribution is 2.16. The maximum atomic E-state index is 11.5. The number of anilines is 1. The van der Waals surface area contributed by atoms with Gasteiger partial charge in [0.2, 0.25) is 0 Å². The molecule has 0 fully saturated rings. The van der Waals surface area contributed by atoms with Crippen molar-refractivity contribution in [3.05, 3.63) is 24.3 Å². The Morgan fingerprint density at radius 3 is 2.88 bits per heavy atom. The summed E-state index contributed by atoms with van der Waals surface area (Å²) >= 11 is 0. The van der Waals surface area contributed by atoms with Crippen molar-refractivity contribution in [3.8, 4) is 5.75 Å². The molecule has 1 aromatic rings. The Morgan fingerprint density at radius 2 is 2.18 bits per heavy atom. The lowest BCUT2D eigenvalue weighted by Gasteiger charge is -2.08. The second-order valence-corrected chi connectivity index (χ2v) is 3.82. The average molecular weight is 236 g/mol. The number of urea groups is 1. The van der Waals surface area contributed by atoms with Crippen molar-refractivity contribution in [1.29, 1.82) is 0 Å². The summed E-state index contributed by atoms with van der Waals surface area (Å²) in [5.74, 6) is 0.730. The molecule has 4 heteroatoms. The highest BCUT2D eigenvalue weighted by Gasteiger charge is 2.01. The third kappa shape index (κ3) is 5.24. The number of carbonyl (C=O) groups is 1. The van der Waals surface area contributed by atoms with Gasteiger partial charge in [-0.2, -0.15) is 0 Å². The lowest BCUT2D eigenvalue weighted by Crippen LogP contribution is -2.29. The predicted octanol–water partition coefficient (Wildman–Crippen LogP) is 3.01. The second-order valence-electron chi connectivity index (χ2n) is 3.82. The third-order valence-electron chi connectivity index (χ3n) is 2.39. The van der Waals surface area contributed by atoms with Gasteiger partial charge in [0.15, 0.2) is 0 Å². The molecule has 0 aromatic heterocycles. The Hall–Kier alpha value is -1.71. The van der Waals surface area contributed by atoms with E-state index < -0.39 is 0 Å². The first kappa shape index (κ1) is 13.4. The molecule has 4 nitrogen and oxygen atoms in total. The second kappa shape index (κ2) is 7.54. The highest BCUT2D eigenvalue weighted by molar-refractivity contribution is 5.89. The number of rotatable bonds is 6. The molecule has 0 unspecified atom stereocenters. The molecular formula is C13H20N2O2. The lowest BCUT2D eigenvalue weighted by atomic mass is 10.2. The summed E-state index contributed by atoms with van der Waals surface area (Å²) in [6.45, 7) is 2.85. The molecule has 1 aromatic carbocycles. The number of amides is 2. The molecule has 0 aliphatic carbocycles. The number of unbranched alkanes of at least 4 members (excludes halogenated alkanes) is 2. The average Bonchev–Trinajstić information content (AvgIpc) is 2.35. The number of hydrogen-bond acceptors (Lipinski definition) is 2. The maximum absolute atomic E-state index is 11.5. The van der Waals surface area contributed by atoms with Crippen LogP contribution in [0.1, 0.15) is 26.2 Å². The zero-order chi connectivity index (χ0) is 12.5. The van der Waals surface area contributed by atoms with Gasteiger partial charge in [0, 0.05) is 18.3 Å². The van der Waals surface area contributed by atoms with Crippen LogP contribution in [0.15, 0.2) is 24.3 Å². The molecule has 17 heavy (non-hydrogen) atoms. The normalized spacial score (nSPS) is 9.76. The van der Waals surface area contributed by atoms with E-state index in [1.54, 1.807) is 13.2 Å². The van der Waals surface area contributed by atoms with E-state index in [1.165, 1.54) is 0 Å². The molecule has 2 N–H and O–H groups in total. The van der Waals surface area contributed by atoms with Crippen molar-refractivity contribution in [3.63, 3.8) is 0 Å². The fourth-order valence-corrected chi connectivity index (χ4v) is 1.45. The summed E-state index contributed by atoms with van der Waals surface area (Å²) in [5, 5.41) is 5.58. The molecule has 0 saturated heterocycles. The summed E-state index contributed by atoms with van der Waals surface area (Å²) in [6, 6.07) is 7.12. The van der Waals surface area contributed by atoms with E-state index in [2.05, 4.69) is 17.6 Å². The molecular weight excluding hydrogens is 216 g/mol. The number of methoxy groups -OCH3 is 1. The first-order chi connectivity index (χ1) is 8.26. The Balaban J connectivity index is 2.34. The van der Waals surface area contributed by atoms with Gasteiger partial charge in [-0.3, -0.25) is 0 Å². The maximum Gasteiger partial charge on any atom is 0.319 e. The van der Waals surface area contributed by atoms with Crippen LogP contribution in [0, 0.1) is 0 Å². The van der Waals surface area contributed by atoms with Crippen LogP contribution in [0.5, 0.6) is 5.75 Å². The van der Waals surface area contributed by atoms with Crippen molar-refractivity contribution in [2.24, 2.45) is 0 Å². The number of carbonyl (C=O) groups excluding carboxylic acids is 1. The molecule has 0 heterocycles. The molecule has 0 aliphatic heterocycles. The minimum absolute atomic E-state index is 0.172. The van der Waals surface area contributed by atoms with Gasteiger partial charge in [-0.15, -0.1) is 0 Å². The van der Waals surface area contributed by atoms with E-state index in [0.29, 0.717) is 6.54 Å². The summed E-state index contributed by atoms with van der Waals surface area (Å²) < 4.78 is 5.08. The van der Waals surface area contributed by atoms with Crippen molar-refractivity contribution < 1.29 is 9.53 Å². The molecule has 0 radical (unpaired) electrons. The topological polar surface area (TPSA) is 50.4 Å². The van der Waals surface area contributed by atoms with Gasteiger partial charge in [-0.1, -0.05) is 25.8 Å². The van der Waals surface area contributed by atoms with E-state index in [-0.39, 0.29) is 6.03 Å². The molecule has 0 bridgehead atoms. The van der Waals surface area contributed by atoms with E-state index in [0.717, 1.165) is 30.7 Å². The molecule has 1 rings (SSSR count). The zero-order valence-electron chi connectivity index (χ0n) is 10.5. The molecule has 0 saturated carbocycles. The fraction of sp³-hybridized carbons (Fsp3) is 0.462. The first-order valence-electron chi connectivity index (χ1n) is 5.95. The number of benzene rings is 1. The Labute approximate surface area is 102 Å². The summed E-state index contributed by atoms with van der Waals surface area (Å²) in [7, 11) is 1.60. The van der Waals surface area contributed by atoms with Crippen LogP contribution in [-0.4, -0.2) is 19.7 Å². The van der Waals surface area contributed by atoms with Crippen LogP contribution < -0.4 is 15.4 Å². The predicted molar refractivity (Wildman–Crippen MR) is 69.5 cm³/mol. The largest absolute Gasteiger partial charge is 0.497 e. The monoisotopic (exact) mass is 236 g/mol. The van der Waals surface area contributed by atoms with Crippen molar-refractivity contribution in [1.82, 2.24) is 5.32 Å². The van der Waals surface area contributed by atoms with Gasteiger partial charge in [-0.05, 0) is 18.6 Å². The van der Waals surface area contributed by atoms with Gasteiger partial charge in [-0.25, -0.2) is 4.79 Å². The van der Waals surface area contributed by atoms with E-state index in [4.69, 9.17) is 4.74 Å². The van der Waals surface area contributed by atoms with Crippen LogP contribution in [-0.2, 0) is 0 Å². The standard InChI is InChI=1S/C13H20N2O2/c1-3-4-5-9-14-13(16)15-11-7-6-8-12(10-11)17-2/h6-8,10H,3-5,9H2,1-2H3,(H2,14,15,16). The third-order valence-corrected chi connectivity index (χ3v) is 2.39. The van der Waals surface area contributed by atoms with Gasteiger partial charge in [0.25, 0.3) is 0 Å². The van der Waals surface area contributed by atoms with Crippen molar-refractivity contribution >= 4 is 11.7 Å². The minimum atomic E-state index is -0.172. The Kier molecular flexibility index (Phi) is 5.93. The number of ether oxygens (including phenoxy) is 1. The van der Waals surface area contributed by atoms with E-state index in [1.807, 2.05) is 18.2 Å². The van der Waals surface area contributed by atoms with Gasteiger partial charge in [0.1, 0.15) is 5.75 Å². The van der Waals surface area contributed by atoms with Crippen LogP contribution in [0.25, 0.3) is 0 Å². The quantitative estimate of drug-likeness (QED) is 0.746. The van der Waals surface area contributed by atoms with Crippen molar-refractivity contribution in [2.45, 2.75) is 26.2 Å². The number of hydrogen-bond donors (Lipinski definition) is 2.